The van der Waals surface area contributed by atoms with Gasteiger partial charge in [-0.3, -0.25) is 4.79 Å². The van der Waals surface area contributed by atoms with E-state index in [0.29, 0.717) is 6.42 Å². The number of thiophene rings is 1. The number of hydrogen-bond acceptors (Lipinski definition) is 3. The van der Waals surface area contributed by atoms with Crippen LogP contribution in [0.2, 0.25) is 0 Å². The minimum atomic E-state index is 0.0995. The summed E-state index contributed by atoms with van der Waals surface area (Å²) in [5.41, 5.74) is 5.14. The van der Waals surface area contributed by atoms with Gasteiger partial charge >= 0.3 is 0 Å². The van der Waals surface area contributed by atoms with Crippen LogP contribution in [0.1, 0.15) is 4.88 Å². The molecule has 54 valence electrons. The third-order valence-corrected chi connectivity index (χ3v) is 2.06. The summed E-state index contributed by atoms with van der Waals surface area (Å²) in [6.07, 6.45) is 0.494. The van der Waals surface area contributed by atoms with Gasteiger partial charge < -0.3 is 5.73 Å². The van der Waals surface area contributed by atoms with Crippen LogP contribution in [-0.4, -0.2) is 12.3 Å². The molecule has 0 aliphatic heterocycles. The molecule has 1 rings (SSSR count). The number of carbonyl (C=O) groups excluding carboxylic acids is 1. The van der Waals surface area contributed by atoms with Crippen LogP contribution >= 0.6 is 11.3 Å². The monoisotopic (exact) mass is 155 g/mol. The minimum Gasteiger partial charge on any atom is -0.324 e. The maximum absolute atomic E-state index is 10.8. The van der Waals surface area contributed by atoms with E-state index in [9.17, 15) is 4.79 Å². The van der Waals surface area contributed by atoms with Gasteiger partial charge in [-0.2, -0.15) is 0 Å². The van der Waals surface area contributed by atoms with Crippen molar-refractivity contribution in [1.29, 1.82) is 0 Å². The van der Waals surface area contributed by atoms with Crippen LogP contribution < -0.4 is 5.73 Å². The Labute approximate surface area is 63.7 Å². The fraction of sp³-hybridized carbons (Fsp3) is 0.286. The lowest BCUT2D eigenvalue weighted by atomic mass is 10.2. The number of hydrogen-bond donors (Lipinski definition) is 1. The number of Topliss-reactive ketones (excluding diaryl/α,β-unsaturated/α-hetero) is 1. The molecule has 0 atom stereocenters. The molecular weight excluding hydrogens is 146 g/mol. The molecule has 10 heavy (non-hydrogen) atoms. The lowest BCUT2D eigenvalue weighted by Crippen LogP contribution is -2.14. The van der Waals surface area contributed by atoms with Crippen molar-refractivity contribution in [3.8, 4) is 0 Å². The SMILES string of the molecule is NCC(=O)Cc1cccs1. The number of nitrogens with two attached hydrogens (primary N) is 1. The summed E-state index contributed by atoms with van der Waals surface area (Å²) in [6, 6.07) is 3.88. The van der Waals surface area contributed by atoms with Crippen LogP contribution in [0, 0.1) is 0 Å². The fourth-order valence-corrected chi connectivity index (χ4v) is 1.41. The second-order valence-electron chi connectivity index (χ2n) is 2.00. The topological polar surface area (TPSA) is 43.1 Å². The molecule has 0 aromatic carbocycles. The summed E-state index contributed by atoms with van der Waals surface area (Å²) in [7, 11) is 0. The zero-order chi connectivity index (χ0) is 7.40. The second-order valence-corrected chi connectivity index (χ2v) is 3.03. The number of rotatable bonds is 3. The molecule has 0 radical (unpaired) electrons. The van der Waals surface area contributed by atoms with E-state index in [2.05, 4.69) is 0 Å². The lowest BCUT2D eigenvalue weighted by molar-refractivity contribution is -0.117. The largest absolute Gasteiger partial charge is 0.324 e. The third kappa shape index (κ3) is 1.93. The van der Waals surface area contributed by atoms with Crippen molar-refractivity contribution >= 4 is 17.1 Å². The summed E-state index contributed by atoms with van der Waals surface area (Å²) in [5.74, 6) is 0.0995. The highest BCUT2D eigenvalue weighted by Gasteiger charge is 2.00. The molecule has 1 aromatic rings. The Hall–Kier alpha value is -0.670. The molecule has 2 nitrogen and oxygen atoms in total. The first-order valence-electron chi connectivity index (χ1n) is 3.07. The van der Waals surface area contributed by atoms with Crippen molar-refractivity contribution < 1.29 is 4.79 Å². The van der Waals surface area contributed by atoms with Crippen molar-refractivity contribution in [2.75, 3.05) is 6.54 Å². The third-order valence-electron chi connectivity index (χ3n) is 1.18. The predicted molar refractivity (Wildman–Crippen MR) is 42.1 cm³/mol. The molecule has 0 aliphatic carbocycles. The lowest BCUT2D eigenvalue weighted by Gasteiger charge is -1.91. The van der Waals surface area contributed by atoms with E-state index in [1.165, 1.54) is 0 Å². The molecule has 0 saturated carbocycles. The van der Waals surface area contributed by atoms with Crippen LogP contribution in [0.5, 0.6) is 0 Å². The molecule has 2 N–H and O–H groups in total. The molecule has 1 heterocycles. The molecular formula is C7H9NOS. The fourth-order valence-electron chi connectivity index (χ4n) is 0.680. The highest BCUT2D eigenvalue weighted by molar-refractivity contribution is 7.10. The van der Waals surface area contributed by atoms with Crippen LogP contribution in [0.3, 0.4) is 0 Å². The van der Waals surface area contributed by atoms with E-state index in [0.717, 1.165) is 4.88 Å². The summed E-state index contributed by atoms with van der Waals surface area (Å²) in [4.78, 5) is 11.9. The number of ketones is 1. The first-order valence-corrected chi connectivity index (χ1v) is 3.95. The van der Waals surface area contributed by atoms with E-state index in [1.54, 1.807) is 11.3 Å². The van der Waals surface area contributed by atoms with Gasteiger partial charge in [0.2, 0.25) is 0 Å². The van der Waals surface area contributed by atoms with Crippen LogP contribution in [-0.2, 0) is 11.2 Å². The van der Waals surface area contributed by atoms with Gasteiger partial charge in [0.1, 0.15) is 0 Å². The quantitative estimate of drug-likeness (QED) is 0.702. The van der Waals surface area contributed by atoms with Crippen molar-refractivity contribution in [1.82, 2.24) is 0 Å². The summed E-state index contributed by atoms with van der Waals surface area (Å²) >= 11 is 1.59. The molecule has 0 amide bonds. The van der Waals surface area contributed by atoms with Crippen LogP contribution in [0.25, 0.3) is 0 Å². The zero-order valence-electron chi connectivity index (χ0n) is 5.54. The Balaban J connectivity index is 2.48. The minimum absolute atomic E-state index is 0.0995. The standard InChI is InChI=1S/C7H9NOS/c8-5-6(9)4-7-2-1-3-10-7/h1-3H,4-5,8H2. The number of carbonyl (C=O) groups is 1. The summed E-state index contributed by atoms with van der Waals surface area (Å²) < 4.78 is 0. The van der Waals surface area contributed by atoms with E-state index in [1.807, 2.05) is 17.5 Å². The molecule has 0 spiro atoms. The average molecular weight is 155 g/mol. The Morgan fingerprint density at radius 2 is 2.50 bits per heavy atom. The van der Waals surface area contributed by atoms with E-state index in [-0.39, 0.29) is 12.3 Å². The Morgan fingerprint density at radius 1 is 1.70 bits per heavy atom. The Kier molecular flexibility index (Phi) is 2.59. The molecule has 3 heteroatoms. The predicted octanol–water partition coefficient (Wildman–Crippen LogP) is 0.818. The van der Waals surface area contributed by atoms with Crippen molar-refractivity contribution in [2.24, 2.45) is 5.73 Å². The molecule has 1 aromatic heterocycles. The molecule has 0 fully saturated rings. The average Bonchev–Trinajstić information content (AvgIpc) is 2.40. The van der Waals surface area contributed by atoms with Gasteiger partial charge in [-0.05, 0) is 11.4 Å². The maximum Gasteiger partial charge on any atom is 0.151 e. The summed E-state index contributed by atoms with van der Waals surface area (Å²) in [6.45, 7) is 0.151. The van der Waals surface area contributed by atoms with Gasteiger partial charge in [-0.25, -0.2) is 0 Å². The van der Waals surface area contributed by atoms with Crippen LogP contribution in [0.4, 0.5) is 0 Å². The van der Waals surface area contributed by atoms with Gasteiger partial charge in [0.15, 0.2) is 5.78 Å². The molecule has 0 aliphatic rings. The van der Waals surface area contributed by atoms with Gasteiger partial charge in [0, 0.05) is 11.3 Å². The van der Waals surface area contributed by atoms with E-state index in [4.69, 9.17) is 5.73 Å². The van der Waals surface area contributed by atoms with Gasteiger partial charge in [0.05, 0.1) is 6.54 Å². The first-order chi connectivity index (χ1) is 4.83. The first kappa shape index (κ1) is 7.44. The normalized spacial score (nSPS) is 9.70. The van der Waals surface area contributed by atoms with Crippen LogP contribution in [0.15, 0.2) is 17.5 Å². The Bertz CT molecular complexity index is 205. The van der Waals surface area contributed by atoms with Gasteiger partial charge in [0.25, 0.3) is 0 Å². The van der Waals surface area contributed by atoms with Crippen molar-refractivity contribution in [2.45, 2.75) is 6.42 Å². The summed E-state index contributed by atoms with van der Waals surface area (Å²) in [5, 5.41) is 1.96. The molecule has 0 saturated heterocycles. The maximum atomic E-state index is 10.8. The Morgan fingerprint density at radius 3 is 3.00 bits per heavy atom. The molecule has 0 bridgehead atoms. The second kappa shape index (κ2) is 3.49. The zero-order valence-corrected chi connectivity index (χ0v) is 6.36. The van der Waals surface area contributed by atoms with Crippen molar-refractivity contribution in [3.63, 3.8) is 0 Å². The van der Waals surface area contributed by atoms with E-state index < -0.39 is 0 Å². The van der Waals surface area contributed by atoms with Gasteiger partial charge in [-0.1, -0.05) is 6.07 Å². The van der Waals surface area contributed by atoms with Gasteiger partial charge in [-0.15, -0.1) is 11.3 Å². The van der Waals surface area contributed by atoms with E-state index >= 15 is 0 Å². The highest BCUT2D eigenvalue weighted by atomic mass is 32.1. The molecule has 0 unspecified atom stereocenters. The smallest absolute Gasteiger partial charge is 0.151 e. The highest BCUT2D eigenvalue weighted by Crippen LogP contribution is 2.08. The van der Waals surface area contributed by atoms with Crippen molar-refractivity contribution in [3.05, 3.63) is 22.4 Å².